The fraction of sp³-hybridized carbons (Fsp3) is 0.421. The highest BCUT2D eigenvalue weighted by atomic mass is 16.4. The Kier molecular flexibility index (Phi) is 6.47. The summed E-state index contributed by atoms with van der Waals surface area (Å²) in [6, 6.07) is 8.81. The van der Waals surface area contributed by atoms with Gasteiger partial charge in [0.1, 0.15) is 0 Å². The Hall–Kier alpha value is -2.47. The van der Waals surface area contributed by atoms with Crippen LogP contribution in [-0.2, 0) is 9.59 Å². The molecule has 0 bridgehead atoms. The van der Waals surface area contributed by atoms with E-state index in [0.717, 1.165) is 6.42 Å². The molecule has 0 aromatic heterocycles. The molecule has 0 saturated carbocycles. The number of benzene rings is 1. The molecule has 2 N–H and O–H groups in total. The fourth-order valence-electron chi connectivity index (χ4n) is 3.03. The largest absolute Gasteiger partial charge is 0.481 e. The molecule has 0 aliphatic carbocycles. The summed E-state index contributed by atoms with van der Waals surface area (Å²) in [4.78, 5) is 36.8. The van der Waals surface area contributed by atoms with E-state index in [-0.39, 0.29) is 30.1 Å². The maximum atomic E-state index is 12.6. The maximum absolute atomic E-state index is 12.6. The van der Waals surface area contributed by atoms with Crippen molar-refractivity contribution in [3.05, 3.63) is 48.0 Å². The van der Waals surface area contributed by atoms with Crippen LogP contribution in [0.25, 0.3) is 0 Å². The van der Waals surface area contributed by atoms with E-state index in [1.165, 1.54) is 6.08 Å². The minimum atomic E-state index is -1.20. The molecule has 1 aromatic carbocycles. The monoisotopic (exact) mass is 345 g/mol. The lowest BCUT2D eigenvalue weighted by atomic mass is 10.0. The molecule has 1 aromatic rings. The Morgan fingerprint density at radius 1 is 1.24 bits per heavy atom. The number of amides is 1. The zero-order valence-corrected chi connectivity index (χ0v) is 14.2. The van der Waals surface area contributed by atoms with Gasteiger partial charge in [-0.3, -0.25) is 14.4 Å². The van der Waals surface area contributed by atoms with E-state index in [1.807, 2.05) is 25.1 Å². The van der Waals surface area contributed by atoms with Crippen molar-refractivity contribution in [3.8, 4) is 0 Å². The first-order valence-corrected chi connectivity index (χ1v) is 8.35. The average Bonchev–Trinajstić information content (AvgIpc) is 2.93. The highest BCUT2D eigenvalue weighted by molar-refractivity contribution is 5.95. The van der Waals surface area contributed by atoms with Crippen LogP contribution in [0.1, 0.15) is 36.5 Å². The normalized spacial score (nSPS) is 21.4. The van der Waals surface area contributed by atoms with Crippen molar-refractivity contribution in [2.75, 3.05) is 6.54 Å². The second kappa shape index (κ2) is 8.58. The number of aliphatic carboxylic acids is 1. The Morgan fingerprint density at radius 3 is 2.56 bits per heavy atom. The number of nitrogens with zero attached hydrogens (tertiary/aromatic N) is 1. The van der Waals surface area contributed by atoms with Gasteiger partial charge in [0.25, 0.3) is 5.91 Å². The van der Waals surface area contributed by atoms with Gasteiger partial charge in [-0.1, -0.05) is 31.2 Å². The standard InChI is InChI=1S/C19H23NO5/c1-13-9-10-20(19(25)14-5-3-2-4-6-14)17(13)8-7-15(21)11-16(22)12-18(23)24/h2-8,13,16-17,22H,9-12H2,1H3,(H,23,24)/t13?,16-,17?/m1/s1. The number of carbonyl (C=O) groups is 3. The number of allylic oxidation sites excluding steroid dienone is 1. The summed E-state index contributed by atoms with van der Waals surface area (Å²) in [7, 11) is 0. The van der Waals surface area contributed by atoms with E-state index in [4.69, 9.17) is 5.11 Å². The molecular formula is C19H23NO5. The number of aliphatic hydroxyl groups is 1. The van der Waals surface area contributed by atoms with E-state index in [1.54, 1.807) is 23.1 Å². The molecule has 1 fully saturated rings. The zero-order chi connectivity index (χ0) is 18.4. The predicted molar refractivity (Wildman–Crippen MR) is 92.1 cm³/mol. The lowest BCUT2D eigenvalue weighted by Crippen LogP contribution is -2.36. The van der Waals surface area contributed by atoms with E-state index in [0.29, 0.717) is 12.1 Å². The van der Waals surface area contributed by atoms with Crippen molar-refractivity contribution < 1.29 is 24.6 Å². The van der Waals surface area contributed by atoms with Crippen LogP contribution in [0.15, 0.2) is 42.5 Å². The fourth-order valence-corrected chi connectivity index (χ4v) is 3.03. The van der Waals surface area contributed by atoms with Crippen LogP contribution in [0.2, 0.25) is 0 Å². The van der Waals surface area contributed by atoms with E-state index in [9.17, 15) is 19.5 Å². The number of likely N-dealkylation sites (tertiary alicyclic amines) is 1. The molecule has 1 aliphatic heterocycles. The van der Waals surface area contributed by atoms with Gasteiger partial charge in [0, 0.05) is 18.5 Å². The number of aliphatic hydroxyl groups excluding tert-OH is 1. The number of hydrogen-bond acceptors (Lipinski definition) is 4. The summed E-state index contributed by atoms with van der Waals surface area (Å²) in [6.07, 6.45) is 1.99. The molecule has 25 heavy (non-hydrogen) atoms. The van der Waals surface area contributed by atoms with Gasteiger partial charge in [0.05, 0.1) is 18.6 Å². The van der Waals surface area contributed by atoms with Crippen molar-refractivity contribution in [3.63, 3.8) is 0 Å². The van der Waals surface area contributed by atoms with Gasteiger partial charge < -0.3 is 15.1 Å². The summed E-state index contributed by atoms with van der Waals surface area (Å²) in [5.74, 6) is -1.34. The topological polar surface area (TPSA) is 94.9 Å². The molecule has 2 unspecified atom stereocenters. The number of carbonyl (C=O) groups excluding carboxylic acids is 2. The highest BCUT2D eigenvalue weighted by Gasteiger charge is 2.33. The van der Waals surface area contributed by atoms with Crippen LogP contribution in [0, 0.1) is 5.92 Å². The SMILES string of the molecule is CC1CCN(C(=O)c2ccccc2)C1C=CC(=O)C[C@@H](O)CC(=O)O. The van der Waals surface area contributed by atoms with Crippen molar-refractivity contribution in [2.24, 2.45) is 5.92 Å². The van der Waals surface area contributed by atoms with Crippen molar-refractivity contribution in [1.82, 2.24) is 4.90 Å². The smallest absolute Gasteiger partial charge is 0.305 e. The van der Waals surface area contributed by atoms with E-state index in [2.05, 4.69) is 0 Å². The number of ketones is 1. The minimum Gasteiger partial charge on any atom is -0.481 e. The molecule has 134 valence electrons. The van der Waals surface area contributed by atoms with E-state index >= 15 is 0 Å². The van der Waals surface area contributed by atoms with Crippen LogP contribution in [0.5, 0.6) is 0 Å². The summed E-state index contributed by atoms with van der Waals surface area (Å²) in [5.41, 5.74) is 0.609. The molecule has 3 atom stereocenters. The molecule has 6 nitrogen and oxygen atoms in total. The van der Waals surface area contributed by atoms with Gasteiger partial charge in [-0.2, -0.15) is 0 Å². The molecule has 1 aliphatic rings. The number of carboxylic acids is 1. The van der Waals surface area contributed by atoms with Crippen LogP contribution < -0.4 is 0 Å². The number of rotatable bonds is 7. The van der Waals surface area contributed by atoms with Crippen LogP contribution in [0.3, 0.4) is 0 Å². The van der Waals surface area contributed by atoms with Crippen LogP contribution in [0.4, 0.5) is 0 Å². The Morgan fingerprint density at radius 2 is 1.92 bits per heavy atom. The zero-order valence-electron chi connectivity index (χ0n) is 14.2. The Labute approximate surface area is 146 Å². The molecule has 1 heterocycles. The van der Waals surface area contributed by atoms with Gasteiger partial charge in [-0.15, -0.1) is 0 Å². The van der Waals surface area contributed by atoms with Gasteiger partial charge in [-0.25, -0.2) is 0 Å². The minimum absolute atomic E-state index is 0.0713. The third kappa shape index (κ3) is 5.26. The average molecular weight is 345 g/mol. The third-order valence-corrected chi connectivity index (χ3v) is 4.38. The molecule has 6 heteroatoms. The van der Waals surface area contributed by atoms with Crippen molar-refractivity contribution in [2.45, 2.75) is 38.3 Å². The summed E-state index contributed by atoms with van der Waals surface area (Å²) in [6.45, 7) is 2.65. The molecule has 1 amide bonds. The van der Waals surface area contributed by atoms with Crippen molar-refractivity contribution >= 4 is 17.7 Å². The van der Waals surface area contributed by atoms with Gasteiger partial charge in [0.2, 0.25) is 0 Å². The lowest BCUT2D eigenvalue weighted by Gasteiger charge is -2.24. The third-order valence-electron chi connectivity index (χ3n) is 4.38. The lowest BCUT2D eigenvalue weighted by molar-refractivity contribution is -0.139. The van der Waals surface area contributed by atoms with Crippen LogP contribution >= 0.6 is 0 Å². The first-order valence-electron chi connectivity index (χ1n) is 8.35. The second-order valence-electron chi connectivity index (χ2n) is 6.40. The van der Waals surface area contributed by atoms with Gasteiger partial charge in [-0.05, 0) is 30.5 Å². The Bertz CT molecular complexity index is 655. The van der Waals surface area contributed by atoms with Gasteiger partial charge in [0.15, 0.2) is 5.78 Å². The van der Waals surface area contributed by atoms with E-state index < -0.39 is 18.5 Å². The van der Waals surface area contributed by atoms with Gasteiger partial charge >= 0.3 is 5.97 Å². The summed E-state index contributed by atoms with van der Waals surface area (Å²) >= 11 is 0. The maximum Gasteiger partial charge on any atom is 0.305 e. The molecule has 0 radical (unpaired) electrons. The molecule has 0 spiro atoms. The van der Waals surface area contributed by atoms with Crippen LogP contribution in [-0.4, -0.2) is 51.5 Å². The molecular weight excluding hydrogens is 322 g/mol. The molecule has 2 rings (SSSR count). The predicted octanol–water partition coefficient (Wildman–Crippen LogP) is 1.89. The Balaban J connectivity index is 2.01. The number of hydrogen-bond donors (Lipinski definition) is 2. The number of carboxylic acid groups (broad SMARTS) is 1. The van der Waals surface area contributed by atoms with Crippen molar-refractivity contribution in [1.29, 1.82) is 0 Å². The second-order valence-corrected chi connectivity index (χ2v) is 6.40. The summed E-state index contributed by atoms with van der Waals surface area (Å²) in [5, 5.41) is 18.1. The molecule has 1 saturated heterocycles. The first-order chi connectivity index (χ1) is 11.9. The first kappa shape index (κ1) is 18.9. The summed E-state index contributed by atoms with van der Waals surface area (Å²) < 4.78 is 0. The highest BCUT2D eigenvalue weighted by Crippen LogP contribution is 2.26. The quantitative estimate of drug-likeness (QED) is 0.736.